The molecule has 0 bridgehead atoms. The smallest absolute Gasteiger partial charge is 0.236 e. The monoisotopic (exact) mass is 337 g/mol. The average Bonchev–Trinajstić information content (AvgIpc) is 2.85. The fourth-order valence-electron chi connectivity index (χ4n) is 2.43. The lowest BCUT2D eigenvalue weighted by Crippen LogP contribution is -2.32. The van der Waals surface area contributed by atoms with Gasteiger partial charge in [-0.2, -0.15) is 0 Å². The van der Waals surface area contributed by atoms with Gasteiger partial charge in [0.05, 0.1) is 17.3 Å². The number of carbonyl (C=O) groups is 1. The average molecular weight is 337 g/mol. The highest BCUT2D eigenvalue weighted by molar-refractivity contribution is 8.02. The Morgan fingerprint density at radius 2 is 2.27 bits per heavy atom. The van der Waals surface area contributed by atoms with E-state index in [9.17, 15) is 13.2 Å². The van der Waals surface area contributed by atoms with E-state index in [2.05, 4.69) is 5.92 Å². The van der Waals surface area contributed by atoms with Crippen molar-refractivity contribution in [3.63, 3.8) is 0 Å². The Kier molecular flexibility index (Phi) is 5.54. The van der Waals surface area contributed by atoms with Gasteiger partial charge in [-0.05, 0) is 31.5 Å². The van der Waals surface area contributed by atoms with Crippen molar-refractivity contribution in [2.24, 2.45) is 0 Å². The van der Waals surface area contributed by atoms with Gasteiger partial charge in [0.2, 0.25) is 5.91 Å². The lowest BCUT2D eigenvalue weighted by molar-refractivity contribution is -0.116. The Bertz CT molecular complexity index is 692. The van der Waals surface area contributed by atoms with Crippen LogP contribution in [0.25, 0.3) is 0 Å². The second kappa shape index (κ2) is 7.21. The molecule has 1 atom stereocenters. The predicted molar refractivity (Wildman–Crippen MR) is 91.9 cm³/mol. The van der Waals surface area contributed by atoms with Gasteiger partial charge in [-0.15, -0.1) is 18.2 Å². The van der Waals surface area contributed by atoms with Crippen LogP contribution in [-0.4, -0.2) is 43.4 Å². The molecule has 0 saturated carbocycles. The predicted octanol–water partition coefficient (Wildman–Crippen LogP) is 1.94. The summed E-state index contributed by atoms with van der Waals surface area (Å²) in [5.74, 6) is 3.25. The van der Waals surface area contributed by atoms with Crippen molar-refractivity contribution in [2.45, 2.75) is 18.6 Å². The largest absolute Gasteiger partial charge is 0.312 e. The van der Waals surface area contributed by atoms with Gasteiger partial charge in [0, 0.05) is 23.0 Å². The minimum Gasteiger partial charge on any atom is -0.312 e. The van der Waals surface area contributed by atoms with E-state index in [1.165, 1.54) is 11.8 Å². The second-order valence-electron chi connectivity index (χ2n) is 5.17. The van der Waals surface area contributed by atoms with Crippen molar-refractivity contribution in [3.8, 4) is 12.3 Å². The fourth-order valence-corrected chi connectivity index (χ4v) is 5.94. The maximum Gasteiger partial charge on any atom is 0.236 e. The fraction of sp³-hybridized carbons (Fsp3) is 0.438. The van der Waals surface area contributed by atoms with Gasteiger partial charge in [0.25, 0.3) is 0 Å². The lowest BCUT2D eigenvalue weighted by atomic mass is 10.2. The third-order valence-electron chi connectivity index (χ3n) is 3.57. The molecule has 22 heavy (non-hydrogen) atoms. The van der Waals surface area contributed by atoms with E-state index in [1.807, 2.05) is 31.2 Å². The second-order valence-corrected chi connectivity index (χ2v) is 8.69. The molecule has 118 valence electrons. The van der Waals surface area contributed by atoms with E-state index in [-0.39, 0.29) is 28.4 Å². The van der Waals surface area contributed by atoms with Crippen LogP contribution in [0, 0.1) is 12.3 Å². The van der Waals surface area contributed by atoms with Crippen LogP contribution in [0.4, 0.5) is 5.69 Å². The molecule has 1 fully saturated rings. The highest BCUT2D eigenvalue weighted by Crippen LogP contribution is 2.25. The molecule has 0 radical (unpaired) electrons. The number of carbonyl (C=O) groups excluding carboxylic acids is 1. The first kappa shape index (κ1) is 16.9. The molecule has 1 aliphatic rings. The molecule has 1 heterocycles. The first-order valence-electron chi connectivity index (χ1n) is 7.14. The summed E-state index contributed by atoms with van der Waals surface area (Å²) < 4.78 is 22.9. The number of terminal acetylenes is 1. The molecule has 0 spiro atoms. The molecule has 2 rings (SSSR count). The van der Waals surface area contributed by atoms with Gasteiger partial charge >= 0.3 is 0 Å². The number of hydrogen-bond acceptors (Lipinski definition) is 4. The minimum atomic E-state index is -2.90. The number of benzene rings is 1. The Morgan fingerprint density at radius 3 is 2.86 bits per heavy atom. The van der Waals surface area contributed by atoms with Gasteiger partial charge in [0.1, 0.15) is 0 Å². The molecule has 0 N–H and O–H groups in total. The molecule has 1 aromatic rings. The van der Waals surface area contributed by atoms with E-state index in [4.69, 9.17) is 6.42 Å². The Balaban J connectivity index is 1.99. The highest BCUT2D eigenvalue weighted by Gasteiger charge is 2.29. The number of amides is 1. The Hall–Kier alpha value is -1.45. The number of nitrogens with zero attached hydrogens (tertiary/aromatic N) is 1. The molecule has 0 aliphatic carbocycles. The zero-order valence-corrected chi connectivity index (χ0v) is 14.1. The summed E-state index contributed by atoms with van der Waals surface area (Å²) in [7, 11) is -2.90. The molecule has 1 saturated heterocycles. The van der Waals surface area contributed by atoms with Crippen molar-refractivity contribution in [3.05, 3.63) is 29.8 Å². The van der Waals surface area contributed by atoms with Crippen LogP contribution in [0.1, 0.15) is 18.9 Å². The summed E-state index contributed by atoms with van der Waals surface area (Å²) in [5, 5.41) is 0.0321. The normalized spacial score (nSPS) is 19.5. The number of rotatable bonds is 5. The first-order valence-corrected chi connectivity index (χ1v) is 10.0. The molecule has 0 aromatic heterocycles. The van der Waals surface area contributed by atoms with Crippen LogP contribution in [0.5, 0.6) is 0 Å². The number of anilines is 1. The molecular weight excluding hydrogens is 318 g/mol. The first-order chi connectivity index (χ1) is 10.4. The zero-order valence-electron chi connectivity index (χ0n) is 12.5. The molecule has 1 aliphatic heterocycles. The van der Waals surface area contributed by atoms with Gasteiger partial charge < -0.3 is 4.90 Å². The summed E-state index contributed by atoms with van der Waals surface area (Å²) in [6.45, 7) is 2.46. The van der Waals surface area contributed by atoms with E-state index < -0.39 is 9.84 Å². The highest BCUT2D eigenvalue weighted by atomic mass is 32.2. The summed E-state index contributed by atoms with van der Waals surface area (Å²) in [6, 6.07) is 7.32. The molecule has 4 nitrogen and oxygen atoms in total. The number of hydrogen-bond donors (Lipinski definition) is 0. The van der Waals surface area contributed by atoms with Crippen LogP contribution in [-0.2, 0) is 14.6 Å². The minimum absolute atomic E-state index is 0.0223. The summed E-state index contributed by atoms with van der Waals surface area (Å²) in [6.07, 6.45) is 6.03. The van der Waals surface area contributed by atoms with Crippen LogP contribution in [0.15, 0.2) is 24.3 Å². The van der Waals surface area contributed by atoms with Crippen LogP contribution in [0.2, 0.25) is 0 Å². The van der Waals surface area contributed by atoms with Crippen molar-refractivity contribution in [2.75, 3.05) is 28.7 Å². The number of sulfone groups is 1. The third-order valence-corrected chi connectivity index (χ3v) is 6.84. The number of thioether (sulfide) groups is 1. The molecule has 1 amide bonds. The molecule has 6 heteroatoms. The van der Waals surface area contributed by atoms with Crippen LogP contribution in [0.3, 0.4) is 0 Å². The van der Waals surface area contributed by atoms with Gasteiger partial charge in [-0.3, -0.25) is 4.79 Å². The van der Waals surface area contributed by atoms with Gasteiger partial charge in [-0.1, -0.05) is 12.0 Å². The quantitative estimate of drug-likeness (QED) is 0.771. The standard InChI is InChI=1S/C16H19NO3S2/c1-3-13-6-5-7-14(10-13)17(4-2)16(18)11-21-15-8-9-22(19,20)12-15/h1,5-7,10,15H,4,8-9,11-12H2,2H3. The SMILES string of the molecule is C#Cc1cccc(N(CC)C(=O)CSC2CCS(=O)(=O)C2)c1. The summed E-state index contributed by atoms with van der Waals surface area (Å²) >= 11 is 1.43. The van der Waals surface area contributed by atoms with Gasteiger partial charge in [-0.25, -0.2) is 8.42 Å². The van der Waals surface area contributed by atoms with Crippen LogP contribution < -0.4 is 4.90 Å². The van der Waals surface area contributed by atoms with E-state index in [0.29, 0.717) is 13.0 Å². The Labute approximate surface area is 136 Å². The van der Waals surface area contributed by atoms with Gasteiger partial charge in [0.15, 0.2) is 9.84 Å². The molecule has 1 unspecified atom stereocenters. The third kappa shape index (κ3) is 4.28. The summed E-state index contributed by atoms with van der Waals surface area (Å²) in [4.78, 5) is 14.1. The van der Waals surface area contributed by atoms with Crippen molar-refractivity contribution in [1.29, 1.82) is 0 Å². The maximum atomic E-state index is 12.4. The topological polar surface area (TPSA) is 54.5 Å². The zero-order chi connectivity index (χ0) is 16.2. The summed E-state index contributed by atoms with van der Waals surface area (Å²) in [5.41, 5.74) is 1.51. The maximum absolute atomic E-state index is 12.4. The van der Waals surface area contributed by atoms with Crippen LogP contribution >= 0.6 is 11.8 Å². The van der Waals surface area contributed by atoms with Crippen molar-refractivity contribution >= 4 is 33.2 Å². The van der Waals surface area contributed by atoms with E-state index in [1.54, 1.807) is 4.90 Å². The Morgan fingerprint density at radius 1 is 1.50 bits per heavy atom. The molecule has 1 aromatic carbocycles. The van der Waals surface area contributed by atoms with Crippen molar-refractivity contribution in [1.82, 2.24) is 0 Å². The lowest BCUT2D eigenvalue weighted by Gasteiger charge is -2.21. The van der Waals surface area contributed by atoms with Crippen molar-refractivity contribution < 1.29 is 13.2 Å². The van der Waals surface area contributed by atoms with E-state index >= 15 is 0 Å². The molecular formula is C16H19NO3S2. The van der Waals surface area contributed by atoms with E-state index in [0.717, 1.165) is 11.3 Å².